The molecule has 1 aromatic rings. The minimum atomic E-state index is -0.497. The molecule has 1 unspecified atom stereocenters. The molecule has 0 N–H and O–H groups in total. The standard InChI is InChI=1S/C16H21FN2O2/c1-4-19(9-8-16(20)21-5-2)15(11-18)13-6-7-14(17)12(3)10-13/h6-7,10,15H,4-5,8-9H2,1-3H3. The predicted molar refractivity (Wildman–Crippen MR) is 78.0 cm³/mol. The highest BCUT2D eigenvalue weighted by molar-refractivity contribution is 5.69. The molecule has 21 heavy (non-hydrogen) atoms. The minimum absolute atomic E-state index is 0.236. The summed E-state index contributed by atoms with van der Waals surface area (Å²) in [6, 6.07) is 6.39. The summed E-state index contributed by atoms with van der Waals surface area (Å²) in [5, 5.41) is 9.41. The van der Waals surface area contributed by atoms with E-state index in [1.807, 2.05) is 11.8 Å². The van der Waals surface area contributed by atoms with Crippen LogP contribution in [0.5, 0.6) is 0 Å². The number of esters is 1. The number of carbonyl (C=O) groups is 1. The zero-order valence-electron chi connectivity index (χ0n) is 12.7. The Morgan fingerprint density at radius 2 is 2.19 bits per heavy atom. The van der Waals surface area contributed by atoms with Gasteiger partial charge in [-0.05, 0) is 37.6 Å². The van der Waals surface area contributed by atoms with Gasteiger partial charge in [-0.25, -0.2) is 4.39 Å². The zero-order valence-corrected chi connectivity index (χ0v) is 12.7. The number of hydrogen-bond donors (Lipinski definition) is 0. The van der Waals surface area contributed by atoms with Crippen molar-refractivity contribution in [1.29, 1.82) is 5.26 Å². The van der Waals surface area contributed by atoms with E-state index in [9.17, 15) is 14.4 Å². The molecular weight excluding hydrogens is 271 g/mol. The molecule has 0 amide bonds. The summed E-state index contributed by atoms with van der Waals surface area (Å²) >= 11 is 0. The van der Waals surface area contributed by atoms with E-state index in [1.165, 1.54) is 6.07 Å². The normalized spacial score (nSPS) is 12.0. The molecule has 0 spiro atoms. The average molecular weight is 292 g/mol. The van der Waals surface area contributed by atoms with Crippen LogP contribution >= 0.6 is 0 Å². The number of benzene rings is 1. The zero-order chi connectivity index (χ0) is 15.8. The number of aryl methyl sites for hydroxylation is 1. The van der Waals surface area contributed by atoms with Gasteiger partial charge in [-0.1, -0.05) is 19.1 Å². The fraction of sp³-hybridized carbons (Fsp3) is 0.500. The molecule has 5 heteroatoms. The molecule has 4 nitrogen and oxygen atoms in total. The smallest absolute Gasteiger partial charge is 0.307 e. The first-order chi connectivity index (χ1) is 10.0. The summed E-state index contributed by atoms with van der Waals surface area (Å²) in [7, 11) is 0. The van der Waals surface area contributed by atoms with Crippen LogP contribution < -0.4 is 0 Å². The van der Waals surface area contributed by atoms with E-state index in [4.69, 9.17) is 4.74 Å². The van der Waals surface area contributed by atoms with Gasteiger partial charge in [0.2, 0.25) is 0 Å². The Hall–Kier alpha value is -1.93. The molecule has 0 bridgehead atoms. The fourth-order valence-electron chi connectivity index (χ4n) is 2.14. The summed E-state index contributed by atoms with van der Waals surface area (Å²) < 4.78 is 18.2. The highest BCUT2D eigenvalue weighted by Crippen LogP contribution is 2.22. The lowest BCUT2D eigenvalue weighted by atomic mass is 10.0. The Kier molecular flexibility index (Phi) is 6.83. The van der Waals surface area contributed by atoms with Crippen LogP contribution in [0.2, 0.25) is 0 Å². The summed E-state index contributed by atoms with van der Waals surface area (Å²) in [6.07, 6.45) is 0.236. The SMILES string of the molecule is CCOC(=O)CCN(CC)C(C#N)c1ccc(F)c(C)c1. The second kappa shape index (κ2) is 8.38. The Labute approximate surface area is 125 Å². The van der Waals surface area contributed by atoms with Crippen LogP contribution in [0.25, 0.3) is 0 Å². The largest absolute Gasteiger partial charge is 0.466 e. The molecule has 0 heterocycles. The Morgan fingerprint density at radius 3 is 2.71 bits per heavy atom. The number of nitrogens with zero attached hydrogens (tertiary/aromatic N) is 2. The van der Waals surface area contributed by atoms with E-state index in [2.05, 4.69) is 6.07 Å². The monoisotopic (exact) mass is 292 g/mol. The highest BCUT2D eigenvalue weighted by Gasteiger charge is 2.20. The lowest BCUT2D eigenvalue weighted by Gasteiger charge is -2.25. The minimum Gasteiger partial charge on any atom is -0.466 e. The van der Waals surface area contributed by atoms with Crippen LogP contribution in [0.4, 0.5) is 4.39 Å². The highest BCUT2D eigenvalue weighted by atomic mass is 19.1. The maximum absolute atomic E-state index is 13.3. The molecule has 1 atom stereocenters. The van der Waals surface area contributed by atoms with E-state index in [-0.39, 0.29) is 18.2 Å². The first-order valence-corrected chi connectivity index (χ1v) is 7.08. The van der Waals surface area contributed by atoms with Gasteiger partial charge in [0.05, 0.1) is 19.1 Å². The Balaban J connectivity index is 2.82. The Bertz CT molecular complexity index is 525. The third-order valence-electron chi connectivity index (χ3n) is 3.30. The van der Waals surface area contributed by atoms with Crippen molar-refractivity contribution >= 4 is 5.97 Å². The molecule has 114 valence electrons. The van der Waals surface area contributed by atoms with Crippen LogP contribution in [-0.2, 0) is 9.53 Å². The summed E-state index contributed by atoms with van der Waals surface area (Å²) in [4.78, 5) is 13.3. The third kappa shape index (κ3) is 4.83. The van der Waals surface area contributed by atoms with Gasteiger partial charge >= 0.3 is 5.97 Å². The Morgan fingerprint density at radius 1 is 1.48 bits per heavy atom. The van der Waals surface area contributed by atoms with Gasteiger partial charge in [-0.3, -0.25) is 9.69 Å². The van der Waals surface area contributed by atoms with E-state index >= 15 is 0 Å². The van der Waals surface area contributed by atoms with Crippen molar-refractivity contribution in [3.63, 3.8) is 0 Å². The number of halogens is 1. The summed E-state index contributed by atoms with van der Waals surface area (Å²) in [5.74, 6) is -0.562. The van der Waals surface area contributed by atoms with Crippen molar-refractivity contribution in [1.82, 2.24) is 4.90 Å². The molecular formula is C16H21FN2O2. The van der Waals surface area contributed by atoms with Gasteiger partial charge in [0.1, 0.15) is 11.9 Å². The van der Waals surface area contributed by atoms with Gasteiger partial charge in [0.25, 0.3) is 0 Å². The molecule has 0 fully saturated rings. The average Bonchev–Trinajstić information content (AvgIpc) is 2.47. The molecule has 0 saturated heterocycles. The predicted octanol–water partition coefficient (Wildman–Crippen LogP) is 2.97. The number of rotatable bonds is 7. The van der Waals surface area contributed by atoms with Crippen LogP contribution in [-0.4, -0.2) is 30.6 Å². The van der Waals surface area contributed by atoms with Gasteiger partial charge in [-0.15, -0.1) is 0 Å². The summed E-state index contributed by atoms with van der Waals surface area (Å²) in [5.41, 5.74) is 1.25. The van der Waals surface area contributed by atoms with E-state index in [1.54, 1.807) is 26.0 Å². The number of ether oxygens (including phenoxy) is 1. The van der Waals surface area contributed by atoms with E-state index in [0.717, 1.165) is 5.56 Å². The van der Waals surface area contributed by atoms with Gasteiger partial charge in [-0.2, -0.15) is 5.26 Å². The number of carbonyl (C=O) groups excluding carboxylic acids is 1. The van der Waals surface area contributed by atoms with Crippen LogP contribution in [0, 0.1) is 24.1 Å². The molecule has 0 saturated carbocycles. The molecule has 0 aliphatic carbocycles. The second-order valence-electron chi connectivity index (χ2n) is 4.72. The van der Waals surface area contributed by atoms with Crippen LogP contribution in [0.15, 0.2) is 18.2 Å². The van der Waals surface area contributed by atoms with E-state index in [0.29, 0.717) is 25.3 Å². The first-order valence-electron chi connectivity index (χ1n) is 7.08. The number of nitriles is 1. The van der Waals surface area contributed by atoms with Gasteiger partial charge < -0.3 is 4.74 Å². The molecule has 1 aromatic carbocycles. The van der Waals surface area contributed by atoms with Crippen molar-refractivity contribution < 1.29 is 13.9 Å². The van der Waals surface area contributed by atoms with Crippen molar-refractivity contribution in [3.05, 3.63) is 35.1 Å². The second-order valence-corrected chi connectivity index (χ2v) is 4.72. The third-order valence-corrected chi connectivity index (χ3v) is 3.30. The topological polar surface area (TPSA) is 53.3 Å². The lowest BCUT2D eigenvalue weighted by Crippen LogP contribution is -2.30. The maximum atomic E-state index is 13.3. The number of hydrogen-bond acceptors (Lipinski definition) is 4. The summed E-state index contributed by atoms with van der Waals surface area (Å²) in [6.45, 7) is 6.75. The van der Waals surface area contributed by atoms with Crippen molar-refractivity contribution in [2.75, 3.05) is 19.7 Å². The maximum Gasteiger partial charge on any atom is 0.307 e. The van der Waals surface area contributed by atoms with E-state index < -0.39 is 6.04 Å². The lowest BCUT2D eigenvalue weighted by molar-refractivity contribution is -0.143. The molecule has 0 aromatic heterocycles. The van der Waals surface area contributed by atoms with Crippen LogP contribution in [0.3, 0.4) is 0 Å². The molecule has 0 radical (unpaired) electrons. The van der Waals surface area contributed by atoms with Crippen molar-refractivity contribution in [2.24, 2.45) is 0 Å². The quantitative estimate of drug-likeness (QED) is 0.725. The van der Waals surface area contributed by atoms with Crippen LogP contribution in [0.1, 0.15) is 37.4 Å². The molecule has 0 aliphatic heterocycles. The van der Waals surface area contributed by atoms with Crippen molar-refractivity contribution in [2.45, 2.75) is 33.2 Å². The van der Waals surface area contributed by atoms with Gasteiger partial charge in [0.15, 0.2) is 0 Å². The molecule has 1 rings (SSSR count). The van der Waals surface area contributed by atoms with Crippen molar-refractivity contribution in [3.8, 4) is 6.07 Å². The van der Waals surface area contributed by atoms with Gasteiger partial charge in [0, 0.05) is 6.54 Å². The molecule has 0 aliphatic rings. The first kappa shape index (κ1) is 17.1. The fourth-order valence-corrected chi connectivity index (χ4v) is 2.14.